The van der Waals surface area contributed by atoms with Crippen molar-refractivity contribution in [1.29, 1.82) is 0 Å². The number of benzene rings is 2. The Bertz CT molecular complexity index is 748. The first-order chi connectivity index (χ1) is 11.5. The molecule has 0 heterocycles. The van der Waals surface area contributed by atoms with E-state index in [4.69, 9.17) is 40.2 Å². The molecule has 0 unspecified atom stereocenters. The summed E-state index contributed by atoms with van der Waals surface area (Å²) in [5.74, 6) is 0.811. The molecule has 2 N–H and O–H groups in total. The topological polar surface area (TPSA) is 45.6 Å². The molecule has 0 aliphatic heterocycles. The maximum absolute atomic E-state index is 6.15. The maximum Gasteiger partial charge on any atom is 0.191 e. The van der Waals surface area contributed by atoms with Crippen LogP contribution >= 0.6 is 35.4 Å². The first-order valence-electron chi connectivity index (χ1n) is 7.29. The van der Waals surface area contributed by atoms with Crippen LogP contribution in [0.1, 0.15) is 19.4 Å². The molecule has 2 aromatic carbocycles. The standard InChI is InChI=1S/C17H17Cl2N3OS/c1-3-23-14-7-5-13(6-8-14)20-17(24)22-21-11(2)15-10-12(18)4-9-16(15)19/h4-10H,3H2,1-2H3,(H2,20,22,24)/b21-11-. The minimum Gasteiger partial charge on any atom is -0.494 e. The summed E-state index contributed by atoms with van der Waals surface area (Å²) in [6, 6.07) is 12.7. The van der Waals surface area contributed by atoms with E-state index in [2.05, 4.69) is 15.8 Å². The average Bonchev–Trinajstić information content (AvgIpc) is 2.57. The Labute approximate surface area is 156 Å². The number of nitrogens with one attached hydrogen (secondary N) is 2. The van der Waals surface area contributed by atoms with Crippen LogP contribution < -0.4 is 15.5 Å². The number of hydrogen-bond donors (Lipinski definition) is 2. The summed E-state index contributed by atoms with van der Waals surface area (Å²) in [5, 5.41) is 8.82. The minimum atomic E-state index is 0.372. The molecule has 24 heavy (non-hydrogen) atoms. The largest absolute Gasteiger partial charge is 0.494 e. The number of hydrogen-bond acceptors (Lipinski definition) is 3. The van der Waals surface area contributed by atoms with Gasteiger partial charge in [-0.1, -0.05) is 23.2 Å². The number of ether oxygens (including phenoxy) is 1. The lowest BCUT2D eigenvalue weighted by atomic mass is 10.1. The highest BCUT2D eigenvalue weighted by molar-refractivity contribution is 7.80. The van der Waals surface area contributed by atoms with Crippen LogP contribution in [-0.4, -0.2) is 17.4 Å². The van der Waals surface area contributed by atoms with E-state index in [1.807, 2.05) is 38.1 Å². The Morgan fingerprint density at radius 3 is 2.54 bits per heavy atom. The van der Waals surface area contributed by atoms with E-state index >= 15 is 0 Å². The normalized spacial score (nSPS) is 11.1. The molecule has 0 aliphatic carbocycles. The van der Waals surface area contributed by atoms with Gasteiger partial charge in [0.15, 0.2) is 5.11 Å². The third-order valence-corrected chi connectivity index (χ3v) is 3.82. The van der Waals surface area contributed by atoms with Gasteiger partial charge < -0.3 is 10.1 Å². The summed E-state index contributed by atoms with van der Waals surface area (Å²) in [5.41, 5.74) is 5.06. The van der Waals surface area contributed by atoms with Gasteiger partial charge in [0.05, 0.1) is 12.3 Å². The molecule has 0 atom stereocenters. The number of anilines is 1. The third-order valence-electron chi connectivity index (χ3n) is 3.07. The van der Waals surface area contributed by atoms with E-state index in [0.717, 1.165) is 17.0 Å². The van der Waals surface area contributed by atoms with Crippen LogP contribution in [0.15, 0.2) is 47.6 Å². The predicted molar refractivity (Wildman–Crippen MR) is 106 cm³/mol. The van der Waals surface area contributed by atoms with Gasteiger partial charge in [0.25, 0.3) is 0 Å². The zero-order valence-electron chi connectivity index (χ0n) is 13.3. The second-order valence-electron chi connectivity index (χ2n) is 4.84. The van der Waals surface area contributed by atoms with Gasteiger partial charge in [-0.2, -0.15) is 5.10 Å². The second kappa shape index (κ2) is 8.87. The Kier molecular flexibility index (Phi) is 6.85. The molecule has 2 aromatic rings. The molecule has 2 rings (SSSR count). The second-order valence-corrected chi connectivity index (χ2v) is 6.10. The number of rotatable bonds is 5. The number of nitrogens with zero attached hydrogens (tertiary/aromatic N) is 1. The molecule has 0 bridgehead atoms. The van der Waals surface area contributed by atoms with Crippen LogP contribution in [-0.2, 0) is 0 Å². The summed E-state index contributed by atoms with van der Waals surface area (Å²) >= 11 is 17.4. The zero-order valence-corrected chi connectivity index (χ0v) is 15.6. The monoisotopic (exact) mass is 381 g/mol. The van der Waals surface area contributed by atoms with Crippen molar-refractivity contribution in [2.24, 2.45) is 5.10 Å². The fourth-order valence-electron chi connectivity index (χ4n) is 1.93. The molecule has 4 nitrogen and oxygen atoms in total. The van der Waals surface area contributed by atoms with Crippen molar-refractivity contribution in [3.63, 3.8) is 0 Å². The van der Waals surface area contributed by atoms with Crippen molar-refractivity contribution in [3.05, 3.63) is 58.1 Å². The highest BCUT2D eigenvalue weighted by atomic mass is 35.5. The van der Waals surface area contributed by atoms with Crippen molar-refractivity contribution in [3.8, 4) is 5.75 Å². The highest BCUT2D eigenvalue weighted by Crippen LogP contribution is 2.21. The molecule has 0 amide bonds. The van der Waals surface area contributed by atoms with E-state index in [9.17, 15) is 0 Å². The van der Waals surface area contributed by atoms with Gasteiger partial charge >= 0.3 is 0 Å². The number of hydrazone groups is 1. The van der Waals surface area contributed by atoms with Gasteiger partial charge in [0.1, 0.15) is 5.75 Å². The lowest BCUT2D eigenvalue weighted by Gasteiger charge is -2.10. The molecule has 0 saturated heterocycles. The van der Waals surface area contributed by atoms with Gasteiger partial charge in [0.2, 0.25) is 0 Å². The van der Waals surface area contributed by atoms with E-state index in [0.29, 0.717) is 27.5 Å². The first kappa shape index (κ1) is 18.5. The van der Waals surface area contributed by atoms with Crippen molar-refractivity contribution in [2.45, 2.75) is 13.8 Å². The van der Waals surface area contributed by atoms with Crippen LogP contribution in [0.2, 0.25) is 10.0 Å². The molecule has 0 aromatic heterocycles. The average molecular weight is 382 g/mol. The third kappa shape index (κ3) is 5.37. The summed E-state index contributed by atoms with van der Waals surface area (Å²) in [7, 11) is 0. The lowest BCUT2D eigenvalue weighted by molar-refractivity contribution is 0.340. The van der Waals surface area contributed by atoms with Crippen molar-refractivity contribution < 1.29 is 4.74 Å². The van der Waals surface area contributed by atoms with Gasteiger partial charge in [-0.25, -0.2) is 0 Å². The van der Waals surface area contributed by atoms with E-state index in [1.54, 1.807) is 18.2 Å². The van der Waals surface area contributed by atoms with Crippen LogP contribution in [0.5, 0.6) is 5.75 Å². The first-order valence-corrected chi connectivity index (χ1v) is 8.45. The Morgan fingerprint density at radius 2 is 1.88 bits per heavy atom. The minimum absolute atomic E-state index is 0.372. The molecular formula is C17H17Cl2N3OS. The Balaban J connectivity index is 1.97. The van der Waals surface area contributed by atoms with E-state index in [-0.39, 0.29) is 0 Å². The van der Waals surface area contributed by atoms with Crippen LogP contribution in [0, 0.1) is 0 Å². The van der Waals surface area contributed by atoms with Gasteiger partial charge in [-0.05, 0) is 68.5 Å². The van der Waals surface area contributed by atoms with Crippen LogP contribution in [0.25, 0.3) is 0 Å². The highest BCUT2D eigenvalue weighted by Gasteiger charge is 2.05. The van der Waals surface area contributed by atoms with Crippen molar-refractivity contribution in [2.75, 3.05) is 11.9 Å². The van der Waals surface area contributed by atoms with Crippen molar-refractivity contribution in [1.82, 2.24) is 5.43 Å². The Morgan fingerprint density at radius 1 is 1.17 bits per heavy atom. The molecule has 0 radical (unpaired) electrons. The van der Waals surface area contributed by atoms with Crippen molar-refractivity contribution >= 4 is 51.9 Å². The summed E-state index contributed by atoms with van der Waals surface area (Å²) in [6.07, 6.45) is 0. The van der Waals surface area contributed by atoms with E-state index in [1.165, 1.54) is 0 Å². The Hall–Kier alpha value is -1.82. The van der Waals surface area contributed by atoms with Gasteiger partial charge in [0, 0.05) is 21.3 Å². The maximum atomic E-state index is 6.15. The molecule has 126 valence electrons. The quantitative estimate of drug-likeness (QED) is 0.429. The van der Waals surface area contributed by atoms with Crippen LogP contribution in [0.4, 0.5) is 5.69 Å². The molecule has 0 saturated carbocycles. The summed E-state index contributed by atoms with van der Waals surface area (Å²) in [6.45, 7) is 4.40. The summed E-state index contributed by atoms with van der Waals surface area (Å²) in [4.78, 5) is 0. The molecule has 0 spiro atoms. The fraction of sp³-hybridized carbons (Fsp3) is 0.176. The van der Waals surface area contributed by atoms with Crippen LogP contribution in [0.3, 0.4) is 0 Å². The zero-order chi connectivity index (χ0) is 17.5. The number of halogens is 2. The molecule has 7 heteroatoms. The number of thiocarbonyl (C=S) groups is 1. The molecule has 0 aliphatic rings. The van der Waals surface area contributed by atoms with Gasteiger partial charge in [-0.3, -0.25) is 5.43 Å². The van der Waals surface area contributed by atoms with Gasteiger partial charge in [-0.15, -0.1) is 0 Å². The molecular weight excluding hydrogens is 365 g/mol. The summed E-state index contributed by atoms with van der Waals surface area (Å²) < 4.78 is 5.39. The molecule has 0 fully saturated rings. The smallest absolute Gasteiger partial charge is 0.191 e. The predicted octanol–water partition coefficient (Wildman–Crippen LogP) is 5.10. The SMILES string of the molecule is CCOc1ccc(NC(=S)N/N=C(/C)c2cc(Cl)ccc2Cl)cc1. The van der Waals surface area contributed by atoms with E-state index < -0.39 is 0 Å². The fourth-order valence-corrected chi connectivity index (χ4v) is 2.52. The lowest BCUT2D eigenvalue weighted by Crippen LogP contribution is -2.25.